The van der Waals surface area contributed by atoms with Crippen molar-refractivity contribution in [1.29, 1.82) is 0 Å². The van der Waals surface area contributed by atoms with E-state index < -0.39 is 0 Å². The highest BCUT2D eigenvalue weighted by Gasteiger charge is 2.28. The van der Waals surface area contributed by atoms with Crippen LogP contribution in [0.15, 0.2) is 12.3 Å². The predicted molar refractivity (Wildman–Crippen MR) is 143 cm³/mol. The third kappa shape index (κ3) is 5.92. The van der Waals surface area contributed by atoms with Gasteiger partial charge in [-0.05, 0) is 65.6 Å². The van der Waals surface area contributed by atoms with Gasteiger partial charge in [-0.2, -0.15) is 10.1 Å². The number of carbonyl (C=O) groups excluding carboxylic acids is 1. The predicted octanol–water partition coefficient (Wildman–Crippen LogP) is 4.27. The van der Waals surface area contributed by atoms with Gasteiger partial charge in [-0.15, -0.1) is 11.3 Å². The van der Waals surface area contributed by atoms with Gasteiger partial charge in [0.05, 0.1) is 5.39 Å². The second-order valence-corrected chi connectivity index (χ2v) is 11.2. The summed E-state index contributed by atoms with van der Waals surface area (Å²) in [4.78, 5) is 25.0. The van der Waals surface area contributed by atoms with Crippen LogP contribution in [0.1, 0.15) is 68.9 Å². The highest BCUT2D eigenvalue weighted by molar-refractivity contribution is 7.19. The molecule has 3 heterocycles. The zero-order valence-corrected chi connectivity index (χ0v) is 22.1. The molecule has 0 radical (unpaired) electrons. The maximum absolute atomic E-state index is 11.6. The first-order chi connectivity index (χ1) is 16.7. The third-order valence-corrected chi connectivity index (χ3v) is 8.20. The number of hydrogen-bond acceptors (Lipinski definition) is 8. The van der Waals surface area contributed by atoms with Crippen molar-refractivity contribution in [2.45, 2.75) is 77.3 Å². The molecule has 190 valence electrons. The Bertz CT molecular complexity index is 1160. The van der Waals surface area contributed by atoms with Gasteiger partial charge in [0.2, 0.25) is 11.9 Å². The Labute approximate surface area is 211 Å². The van der Waals surface area contributed by atoms with Crippen molar-refractivity contribution in [1.82, 2.24) is 24.6 Å². The number of rotatable bonds is 5. The number of nitrogens with two attached hydrogens (primary N) is 2. The Balaban J connectivity index is 0.000000271. The van der Waals surface area contributed by atoms with Gasteiger partial charge in [-0.25, -0.2) is 4.98 Å². The number of nitrogen functional groups attached to an aromatic ring is 1. The largest absolute Gasteiger partial charge is 0.383 e. The molecule has 1 atom stereocenters. The fraction of sp³-hybridized carbons (Fsp3) is 0.600. The summed E-state index contributed by atoms with van der Waals surface area (Å²) in [7, 11) is 4.38. The Kier molecular flexibility index (Phi) is 7.91. The highest BCUT2D eigenvalue weighted by atomic mass is 32.1. The molecule has 0 bridgehead atoms. The number of fused-ring (bicyclic) bond motifs is 3. The molecule has 1 fully saturated rings. The average molecular weight is 499 g/mol. The zero-order valence-electron chi connectivity index (χ0n) is 21.3. The summed E-state index contributed by atoms with van der Waals surface area (Å²) in [6, 6.07) is 3.04. The Morgan fingerprint density at radius 1 is 1.20 bits per heavy atom. The summed E-state index contributed by atoms with van der Waals surface area (Å²) in [6.07, 6.45) is 11.3. The minimum absolute atomic E-state index is 0.141. The monoisotopic (exact) mass is 498 g/mol. The van der Waals surface area contributed by atoms with Gasteiger partial charge in [0, 0.05) is 35.1 Å². The maximum Gasteiger partial charge on any atom is 0.231 e. The van der Waals surface area contributed by atoms with Gasteiger partial charge in [0.25, 0.3) is 0 Å². The Hall–Kier alpha value is -2.72. The first kappa shape index (κ1) is 25.4. The average Bonchev–Trinajstić information content (AvgIpc) is 3.44. The fourth-order valence-corrected chi connectivity index (χ4v) is 6.13. The molecule has 0 saturated heterocycles. The number of nitrogens with one attached hydrogen (secondary N) is 1. The second kappa shape index (κ2) is 10.9. The second-order valence-electron chi connectivity index (χ2n) is 10.1. The highest BCUT2D eigenvalue weighted by Crippen LogP contribution is 2.40. The van der Waals surface area contributed by atoms with Crippen LogP contribution in [0, 0.1) is 5.92 Å². The fourth-order valence-electron chi connectivity index (χ4n) is 4.91. The summed E-state index contributed by atoms with van der Waals surface area (Å²) in [5.74, 6) is 1.12. The SMILES string of the molecule is CC(C)n1ccc(Nc2nc(N)c3c4c(sc3n2)CCC(C(N)=O)C4)n1.CN(C)C1CCCCC1. The number of thiophene rings is 1. The molecule has 10 heteroatoms. The molecule has 1 amide bonds. The van der Waals surface area contributed by atoms with Gasteiger partial charge in [-0.3, -0.25) is 9.48 Å². The van der Waals surface area contributed by atoms with Gasteiger partial charge >= 0.3 is 0 Å². The van der Waals surface area contributed by atoms with Gasteiger partial charge in [0.15, 0.2) is 5.82 Å². The number of nitrogens with zero attached hydrogens (tertiary/aromatic N) is 5. The molecule has 9 nitrogen and oxygen atoms in total. The summed E-state index contributed by atoms with van der Waals surface area (Å²) >= 11 is 1.61. The van der Waals surface area contributed by atoms with Crippen LogP contribution < -0.4 is 16.8 Å². The van der Waals surface area contributed by atoms with E-state index in [0.29, 0.717) is 24.0 Å². The first-order valence-electron chi connectivity index (χ1n) is 12.6. The van der Waals surface area contributed by atoms with Crippen molar-refractivity contribution >= 4 is 45.0 Å². The van der Waals surface area contributed by atoms with Crippen LogP contribution in [0.2, 0.25) is 0 Å². The van der Waals surface area contributed by atoms with Crippen molar-refractivity contribution in [2.75, 3.05) is 25.1 Å². The third-order valence-electron chi connectivity index (χ3n) is 7.02. The standard InChI is InChI=1S/C17H21N7OS.C8H17N/c1-8(2)24-6-5-12(23-24)20-17-21-14(18)13-10-7-9(15(19)25)3-4-11(10)26-16(13)22-17;1-9(2)8-6-4-3-5-7-8/h5-6,8-9H,3-4,7H2,1-2H3,(H2,19,25)(H3,18,20,21,22,23);8H,3-7H2,1-2H3. The van der Waals surface area contributed by atoms with Crippen LogP contribution in [0.4, 0.5) is 17.6 Å². The van der Waals surface area contributed by atoms with Crippen molar-refractivity contribution < 1.29 is 4.79 Å². The number of anilines is 3. The molecule has 3 aromatic heterocycles. The van der Waals surface area contributed by atoms with E-state index in [4.69, 9.17) is 11.5 Å². The number of carbonyl (C=O) groups is 1. The van der Waals surface area contributed by atoms with Crippen molar-refractivity contribution in [2.24, 2.45) is 11.7 Å². The first-order valence-corrected chi connectivity index (χ1v) is 13.4. The lowest BCUT2D eigenvalue weighted by Crippen LogP contribution is -2.29. The molecule has 5 N–H and O–H groups in total. The van der Waals surface area contributed by atoms with E-state index in [9.17, 15) is 4.79 Å². The van der Waals surface area contributed by atoms with Gasteiger partial charge in [-0.1, -0.05) is 19.3 Å². The Morgan fingerprint density at radius 3 is 2.54 bits per heavy atom. The zero-order chi connectivity index (χ0) is 25.1. The summed E-state index contributed by atoms with van der Waals surface area (Å²) < 4.78 is 1.86. The topological polar surface area (TPSA) is 128 Å². The molecule has 3 aromatic rings. The van der Waals surface area contributed by atoms with Crippen LogP contribution in [0.5, 0.6) is 0 Å². The molecule has 0 aromatic carbocycles. The molecule has 2 aliphatic rings. The van der Waals surface area contributed by atoms with E-state index in [2.05, 4.69) is 53.2 Å². The summed E-state index contributed by atoms with van der Waals surface area (Å²) in [5, 5.41) is 8.42. The molecular weight excluding hydrogens is 460 g/mol. The molecule has 1 saturated carbocycles. The molecule has 35 heavy (non-hydrogen) atoms. The lowest BCUT2D eigenvalue weighted by molar-refractivity contribution is -0.122. The van der Waals surface area contributed by atoms with Crippen LogP contribution in [0.25, 0.3) is 10.2 Å². The van der Waals surface area contributed by atoms with Crippen molar-refractivity contribution in [3.63, 3.8) is 0 Å². The van der Waals surface area contributed by atoms with Crippen molar-refractivity contribution in [3.8, 4) is 0 Å². The molecular formula is C25H38N8OS. The Morgan fingerprint density at radius 2 is 1.94 bits per heavy atom. The van der Waals surface area contributed by atoms with Crippen LogP contribution in [-0.2, 0) is 17.6 Å². The molecule has 5 rings (SSSR count). The van der Waals surface area contributed by atoms with Gasteiger partial charge in [0.1, 0.15) is 10.6 Å². The van der Waals surface area contributed by atoms with Crippen LogP contribution in [0.3, 0.4) is 0 Å². The molecule has 2 aliphatic carbocycles. The van der Waals surface area contributed by atoms with E-state index >= 15 is 0 Å². The number of aryl methyl sites for hydroxylation is 1. The molecule has 0 aliphatic heterocycles. The lowest BCUT2D eigenvalue weighted by Gasteiger charge is -2.27. The number of primary amides is 1. The minimum Gasteiger partial charge on any atom is -0.383 e. The maximum atomic E-state index is 11.6. The molecule has 1 unspecified atom stereocenters. The van der Waals surface area contributed by atoms with E-state index in [1.165, 1.54) is 37.0 Å². The smallest absolute Gasteiger partial charge is 0.231 e. The summed E-state index contributed by atoms with van der Waals surface area (Å²) in [5.41, 5.74) is 12.8. The summed E-state index contributed by atoms with van der Waals surface area (Å²) in [6.45, 7) is 4.12. The molecule has 0 spiro atoms. The number of amides is 1. The van der Waals surface area contributed by atoms with Crippen LogP contribution >= 0.6 is 11.3 Å². The van der Waals surface area contributed by atoms with E-state index in [1.807, 2.05) is 16.9 Å². The van der Waals surface area contributed by atoms with Gasteiger partial charge < -0.3 is 21.7 Å². The number of aromatic nitrogens is 4. The van der Waals surface area contributed by atoms with Crippen LogP contribution in [-0.4, -0.2) is 50.7 Å². The van der Waals surface area contributed by atoms with Crippen molar-refractivity contribution in [3.05, 3.63) is 22.7 Å². The van der Waals surface area contributed by atoms with E-state index in [0.717, 1.165) is 34.7 Å². The quantitative estimate of drug-likeness (QED) is 0.479. The lowest BCUT2D eigenvalue weighted by atomic mass is 9.87. The van der Waals surface area contributed by atoms with E-state index in [1.54, 1.807) is 11.3 Å². The normalized spacial score (nSPS) is 18.4. The van der Waals surface area contributed by atoms with E-state index in [-0.39, 0.29) is 17.9 Å². The minimum atomic E-state index is -0.256. The number of hydrogen-bond donors (Lipinski definition) is 3.